The number of alkyl halides is 2. The van der Waals surface area contributed by atoms with Gasteiger partial charge < -0.3 is 14.9 Å². The topological polar surface area (TPSA) is 102 Å². The van der Waals surface area contributed by atoms with Crippen LogP contribution < -0.4 is 5.32 Å². The Morgan fingerprint density at radius 1 is 1.41 bits per heavy atom. The Labute approximate surface area is 181 Å². The maximum absolute atomic E-state index is 12.6. The van der Waals surface area contributed by atoms with Crippen molar-refractivity contribution in [1.82, 2.24) is 10.2 Å². The summed E-state index contributed by atoms with van der Waals surface area (Å²) >= 11 is 13.0. The highest BCUT2D eigenvalue weighted by Crippen LogP contribution is 2.46. The van der Waals surface area contributed by atoms with Crippen molar-refractivity contribution >= 4 is 46.8 Å². The molecule has 3 heterocycles. The average molecular weight is 457 g/mol. The minimum absolute atomic E-state index is 0.0685. The van der Waals surface area contributed by atoms with Gasteiger partial charge in [0.2, 0.25) is 10.4 Å². The van der Waals surface area contributed by atoms with Crippen LogP contribution in [0, 0.1) is 0 Å². The number of nitrogens with one attached hydrogen (secondary N) is 1. The lowest BCUT2D eigenvalue weighted by Crippen LogP contribution is -2.71. The standard InChI is InChI=1S/C19H18Cl2N2O5S/c20-19(21)12(28-19)7-6-11-9-29-17-14(16(25)23(17)15(11)18(26)27)22-13(24)8-10-4-2-1-3-5-10/h1-7,12-14,17,22,24H,8-9H2,(H,26,27)/b7-6+. The maximum atomic E-state index is 12.6. The number of benzene rings is 1. The second-order valence-electron chi connectivity index (χ2n) is 6.90. The Morgan fingerprint density at radius 2 is 2.10 bits per heavy atom. The second-order valence-corrected chi connectivity index (χ2v) is 9.32. The molecule has 154 valence electrons. The highest BCUT2D eigenvalue weighted by molar-refractivity contribution is 8.00. The molecule has 1 aromatic carbocycles. The lowest BCUT2D eigenvalue weighted by molar-refractivity contribution is -0.150. The lowest BCUT2D eigenvalue weighted by Gasteiger charge is -2.50. The van der Waals surface area contributed by atoms with E-state index in [0.29, 0.717) is 17.7 Å². The number of carboxylic acids is 1. The molecule has 0 radical (unpaired) electrons. The molecule has 1 amide bonds. The van der Waals surface area contributed by atoms with Crippen LogP contribution in [0.3, 0.4) is 0 Å². The molecule has 3 N–H and O–H groups in total. The molecule has 0 bridgehead atoms. The molecule has 4 atom stereocenters. The molecule has 29 heavy (non-hydrogen) atoms. The van der Waals surface area contributed by atoms with Crippen LogP contribution in [0.5, 0.6) is 0 Å². The van der Waals surface area contributed by atoms with Gasteiger partial charge in [0, 0.05) is 12.2 Å². The maximum Gasteiger partial charge on any atom is 0.352 e. The number of carboxylic acid groups (broad SMARTS) is 1. The van der Waals surface area contributed by atoms with Crippen molar-refractivity contribution in [1.29, 1.82) is 0 Å². The average Bonchev–Trinajstić information content (AvgIpc) is 3.30. The predicted octanol–water partition coefficient (Wildman–Crippen LogP) is 1.85. The first kappa shape index (κ1) is 20.7. The summed E-state index contributed by atoms with van der Waals surface area (Å²) in [6.07, 6.45) is 2.09. The van der Waals surface area contributed by atoms with Gasteiger partial charge in [-0.15, -0.1) is 11.8 Å². The summed E-state index contributed by atoms with van der Waals surface area (Å²) in [5.74, 6) is -1.18. The predicted molar refractivity (Wildman–Crippen MR) is 109 cm³/mol. The number of amides is 1. The van der Waals surface area contributed by atoms with Crippen molar-refractivity contribution in [3.8, 4) is 0 Å². The van der Waals surface area contributed by atoms with Crippen molar-refractivity contribution in [3.05, 3.63) is 59.3 Å². The van der Waals surface area contributed by atoms with Crippen LogP contribution in [0.1, 0.15) is 5.56 Å². The number of halogens is 2. The zero-order valence-corrected chi connectivity index (χ0v) is 17.3. The van der Waals surface area contributed by atoms with Gasteiger partial charge in [-0.25, -0.2) is 4.79 Å². The van der Waals surface area contributed by atoms with Gasteiger partial charge in [0.05, 0.1) is 0 Å². The van der Waals surface area contributed by atoms with Crippen molar-refractivity contribution in [3.63, 3.8) is 0 Å². The van der Waals surface area contributed by atoms with Crippen LogP contribution in [0.2, 0.25) is 0 Å². The van der Waals surface area contributed by atoms with E-state index in [1.54, 1.807) is 12.2 Å². The highest BCUT2D eigenvalue weighted by Gasteiger charge is 2.54. The fourth-order valence-corrected chi connectivity index (χ4v) is 5.05. The van der Waals surface area contributed by atoms with Gasteiger partial charge in [-0.3, -0.25) is 15.0 Å². The molecule has 0 aromatic heterocycles. The van der Waals surface area contributed by atoms with E-state index in [9.17, 15) is 19.8 Å². The number of ether oxygens (including phenoxy) is 1. The van der Waals surface area contributed by atoms with Crippen LogP contribution in [-0.4, -0.2) is 61.0 Å². The monoisotopic (exact) mass is 456 g/mol. The number of nitrogens with zero attached hydrogens (tertiary/aromatic N) is 1. The summed E-state index contributed by atoms with van der Waals surface area (Å²) in [4.78, 5) is 25.7. The number of carbonyl (C=O) groups excluding carboxylic acids is 1. The van der Waals surface area contributed by atoms with Gasteiger partial charge in [0.15, 0.2) is 0 Å². The molecule has 7 nitrogen and oxygen atoms in total. The van der Waals surface area contributed by atoms with E-state index in [-0.39, 0.29) is 11.6 Å². The Kier molecular flexibility index (Phi) is 5.67. The van der Waals surface area contributed by atoms with Crippen molar-refractivity contribution in [2.24, 2.45) is 0 Å². The molecule has 4 unspecified atom stereocenters. The fraction of sp³-hybridized carbons (Fsp3) is 0.368. The Balaban J connectivity index is 1.44. The van der Waals surface area contributed by atoms with Gasteiger partial charge in [0.1, 0.15) is 29.4 Å². The summed E-state index contributed by atoms with van der Waals surface area (Å²) < 4.78 is 3.76. The molecular weight excluding hydrogens is 439 g/mol. The smallest absolute Gasteiger partial charge is 0.352 e. The Hall–Kier alpha value is -1.55. The summed E-state index contributed by atoms with van der Waals surface area (Å²) in [6, 6.07) is 8.76. The minimum atomic E-state index is -1.28. The number of allylic oxidation sites excluding steroid dienone is 1. The number of thioether (sulfide) groups is 1. The van der Waals surface area contributed by atoms with E-state index in [1.165, 1.54) is 16.7 Å². The quantitative estimate of drug-likeness (QED) is 0.249. The van der Waals surface area contributed by atoms with Crippen LogP contribution in [0.15, 0.2) is 53.8 Å². The van der Waals surface area contributed by atoms with Gasteiger partial charge in [-0.05, 0) is 17.2 Å². The zero-order chi connectivity index (χ0) is 20.8. The van der Waals surface area contributed by atoms with Crippen molar-refractivity contribution < 1.29 is 24.5 Å². The van der Waals surface area contributed by atoms with Gasteiger partial charge in [0.25, 0.3) is 0 Å². The molecule has 10 heteroatoms. The second kappa shape index (κ2) is 7.94. The number of β-lactam (4-membered cyclic amide) rings is 1. The summed E-state index contributed by atoms with van der Waals surface area (Å²) in [5.41, 5.74) is 1.35. The molecule has 0 aliphatic carbocycles. The van der Waals surface area contributed by atoms with E-state index in [2.05, 4.69) is 5.32 Å². The van der Waals surface area contributed by atoms with Crippen LogP contribution >= 0.6 is 35.0 Å². The minimum Gasteiger partial charge on any atom is -0.477 e. The van der Waals surface area contributed by atoms with Gasteiger partial charge in [-0.2, -0.15) is 0 Å². The fourth-order valence-electron chi connectivity index (χ4n) is 3.39. The van der Waals surface area contributed by atoms with E-state index in [0.717, 1.165) is 5.56 Å². The third kappa shape index (κ3) is 4.19. The van der Waals surface area contributed by atoms with E-state index in [4.69, 9.17) is 27.9 Å². The molecule has 0 saturated carbocycles. The zero-order valence-electron chi connectivity index (χ0n) is 15.0. The third-order valence-electron chi connectivity index (χ3n) is 4.87. The molecule has 4 rings (SSSR count). The SMILES string of the molecule is O=C(O)C1=C(/C=C/C2OC2(Cl)Cl)CSC2C(NC(O)Cc3ccccc3)C(=O)N12. The van der Waals surface area contributed by atoms with Crippen LogP contribution in [0.4, 0.5) is 0 Å². The molecule has 2 saturated heterocycles. The molecular formula is C19H18Cl2N2O5S. The number of epoxide rings is 1. The summed E-state index contributed by atoms with van der Waals surface area (Å²) in [5, 5.41) is 22.5. The first-order chi connectivity index (χ1) is 13.8. The number of aliphatic hydroxyl groups excluding tert-OH is 1. The third-order valence-corrected chi connectivity index (χ3v) is 6.78. The lowest BCUT2D eigenvalue weighted by atomic mass is 10.0. The number of hydrogen-bond donors (Lipinski definition) is 3. The number of rotatable bonds is 7. The Morgan fingerprint density at radius 3 is 2.72 bits per heavy atom. The van der Waals surface area contributed by atoms with Gasteiger partial charge in [-0.1, -0.05) is 59.6 Å². The van der Waals surface area contributed by atoms with Crippen LogP contribution in [0.25, 0.3) is 0 Å². The number of hydrogen-bond acceptors (Lipinski definition) is 6. The van der Waals surface area contributed by atoms with E-state index >= 15 is 0 Å². The first-order valence-corrected chi connectivity index (χ1v) is 10.7. The van der Waals surface area contributed by atoms with E-state index in [1.807, 2.05) is 30.3 Å². The number of aliphatic hydroxyl groups is 1. The highest BCUT2D eigenvalue weighted by atomic mass is 35.5. The summed E-state index contributed by atoms with van der Waals surface area (Å²) in [6.45, 7) is 0. The van der Waals surface area contributed by atoms with E-state index < -0.39 is 34.2 Å². The largest absolute Gasteiger partial charge is 0.477 e. The van der Waals surface area contributed by atoms with Crippen molar-refractivity contribution in [2.75, 3.05) is 5.75 Å². The number of carbonyl (C=O) groups is 2. The molecule has 3 aliphatic rings. The normalized spacial score (nSPS) is 28.9. The first-order valence-electron chi connectivity index (χ1n) is 8.91. The molecule has 0 spiro atoms. The Bertz CT molecular complexity index is 892. The van der Waals surface area contributed by atoms with Crippen molar-refractivity contribution in [2.45, 2.75) is 34.7 Å². The van der Waals surface area contributed by atoms with Gasteiger partial charge >= 0.3 is 5.97 Å². The van der Waals surface area contributed by atoms with Crippen LogP contribution in [-0.2, 0) is 20.7 Å². The molecule has 3 aliphatic heterocycles. The molecule has 1 aromatic rings. The molecule has 2 fully saturated rings. The number of aliphatic carboxylic acids is 1. The summed E-state index contributed by atoms with van der Waals surface area (Å²) in [7, 11) is 0. The number of fused-ring (bicyclic) bond motifs is 1.